The number of para-hydroxylation sites is 1. The van der Waals surface area contributed by atoms with Crippen molar-refractivity contribution >= 4 is 72.2 Å². The lowest BCUT2D eigenvalue weighted by Gasteiger charge is -2.25. The van der Waals surface area contributed by atoms with Crippen molar-refractivity contribution in [3.8, 4) is 22.4 Å². The van der Waals surface area contributed by atoms with Gasteiger partial charge in [-0.3, -0.25) is 4.40 Å². The third-order valence-electron chi connectivity index (χ3n) is 10.0. The number of benzene rings is 7. The van der Waals surface area contributed by atoms with Crippen LogP contribution in [0.3, 0.4) is 0 Å². The second kappa shape index (κ2) is 11.6. The van der Waals surface area contributed by atoms with Crippen molar-refractivity contribution in [3.05, 3.63) is 182 Å². The van der Waals surface area contributed by atoms with Gasteiger partial charge in [-0.05, 0) is 56.9 Å². The molecule has 0 atom stereocenters. The minimum Gasteiger partial charge on any atom is -0.309 e. The molecule has 3 aromatic heterocycles. The van der Waals surface area contributed by atoms with Crippen LogP contribution in [0.1, 0.15) is 0 Å². The molecule has 0 amide bonds. The van der Waals surface area contributed by atoms with Gasteiger partial charge in [0.1, 0.15) is 11.2 Å². The molecular formula is C46H30N3OP. The molecule has 4 nitrogen and oxygen atoms in total. The van der Waals surface area contributed by atoms with Gasteiger partial charge in [-0.2, -0.15) is 0 Å². The molecule has 3 heterocycles. The molecule has 0 aliphatic rings. The summed E-state index contributed by atoms with van der Waals surface area (Å²) in [7, 11) is -3.32. The summed E-state index contributed by atoms with van der Waals surface area (Å²) >= 11 is 0. The number of pyridine rings is 2. The summed E-state index contributed by atoms with van der Waals surface area (Å²) in [4.78, 5) is 10.3. The molecule has 7 aromatic carbocycles. The Morgan fingerprint density at radius 3 is 1.69 bits per heavy atom. The van der Waals surface area contributed by atoms with E-state index in [0.29, 0.717) is 0 Å². The number of hydrogen-bond donors (Lipinski definition) is 0. The predicted molar refractivity (Wildman–Crippen MR) is 213 cm³/mol. The van der Waals surface area contributed by atoms with Crippen LogP contribution in [0.15, 0.2) is 182 Å². The number of nitrogens with zero attached hydrogens (tertiary/aromatic N) is 3. The summed E-state index contributed by atoms with van der Waals surface area (Å²) in [5.74, 6) is 0. The zero-order valence-electron chi connectivity index (χ0n) is 27.5. The molecule has 0 saturated heterocycles. The molecule has 0 aliphatic carbocycles. The van der Waals surface area contributed by atoms with Gasteiger partial charge in [0.05, 0.1) is 16.7 Å². The highest BCUT2D eigenvalue weighted by Crippen LogP contribution is 2.49. The average molecular weight is 672 g/mol. The van der Waals surface area contributed by atoms with E-state index in [2.05, 4.69) is 95.5 Å². The maximum absolute atomic E-state index is 16.0. The lowest BCUT2D eigenvalue weighted by molar-refractivity contribution is 0.593. The highest BCUT2D eigenvalue weighted by atomic mass is 31.2. The van der Waals surface area contributed by atoms with Crippen LogP contribution in [0.2, 0.25) is 0 Å². The Morgan fingerprint density at radius 2 is 1.02 bits per heavy atom. The van der Waals surface area contributed by atoms with Crippen molar-refractivity contribution in [2.24, 2.45) is 0 Å². The number of aromatic nitrogens is 3. The second-order valence-corrected chi connectivity index (χ2v) is 15.6. The summed E-state index contributed by atoms with van der Waals surface area (Å²) in [6.45, 7) is 0. The molecule has 51 heavy (non-hydrogen) atoms. The molecule has 240 valence electrons. The smallest absolute Gasteiger partial charge is 0.172 e. The fourth-order valence-corrected chi connectivity index (χ4v) is 10.9. The van der Waals surface area contributed by atoms with Crippen molar-refractivity contribution in [1.29, 1.82) is 0 Å². The fraction of sp³-hybridized carbons (Fsp3) is 0. The molecule has 0 spiro atoms. The Morgan fingerprint density at radius 1 is 0.471 bits per heavy atom. The minimum atomic E-state index is -3.32. The molecule has 0 fully saturated rings. The highest BCUT2D eigenvalue weighted by Gasteiger charge is 2.34. The summed E-state index contributed by atoms with van der Waals surface area (Å²) in [6, 6.07) is 59.8. The predicted octanol–water partition coefficient (Wildman–Crippen LogP) is 10.3. The summed E-state index contributed by atoms with van der Waals surface area (Å²) in [5, 5.41) is 7.63. The normalized spacial score (nSPS) is 12.0. The lowest BCUT2D eigenvalue weighted by atomic mass is 9.91. The first-order chi connectivity index (χ1) is 25.2. The van der Waals surface area contributed by atoms with Crippen molar-refractivity contribution < 1.29 is 4.57 Å². The Bertz CT molecular complexity index is 2910. The molecule has 0 N–H and O–H groups in total. The molecule has 10 rings (SSSR count). The van der Waals surface area contributed by atoms with E-state index in [9.17, 15) is 0 Å². The van der Waals surface area contributed by atoms with E-state index < -0.39 is 7.14 Å². The first kappa shape index (κ1) is 29.6. The third-order valence-corrected chi connectivity index (χ3v) is 13.2. The topological polar surface area (TPSA) is 47.3 Å². The monoisotopic (exact) mass is 671 g/mol. The molecule has 10 aromatic rings. The fourth-order valence-electron chi connectivity index (χ4n) is 7.82. The minimum absolute atomic E-state index is 0.820. The van der Waals surface area contributed by atoms with Crippen LogP contribution in [-0.2, 0) is 4.57 Å². The lowest BCUT2D eigenvalue weighted by Crippen LogP contribution is -2.26. The molecule has 0 aliphatic heterocycles. The van der Waals surface area contributed by atoms with E-state index in [4.69, 9.17) is 9.97 Å². The first-order valence-corrected chi connectivity index (χ1v) is 18.8. The second-order valence-electron chi connectivity index (χ2n) is 12.9. The maximum atomic E-state index is 16.0. The van der Waals surface area contributed by atoms with Gasteiger partial charge < -0.3 is 4.57 Å². The first-order valence-electron chi connectivity index (χ1n) is 17.1. The van der Waals surface area contributed by atoms with Gasteiger partial charge in [0.25, 0.3) is 0 Å². The number of imidazole rings is 1. The number of hydrogen-bond acceptors (Lipinski definition) is 3. The van der Waals surface area contributed by atoms with E-state index in [1.807, 2.05) is 91.0 Å². The third kappa shape index (κ3) is 4.50. The van der Waals surface area contributed by atoms with Crippen LogP contribution in [0, 0.1) is 0 Å². The van der Waals surface area contributed by atoms with Crippen molar-refractivity contribution in [3.63, 3.8) is 0 Å². The molecule has 0 unspecified atom stereocenters. The highest BCUT2D eigenvalue weighted by molar-refractivity contribution is 7.86. The van der Waals surface area contributed by atoms with Crippen molar-refractivity contribution in [2.45, 2.75) is 0 Å². The molecule has 0 bridgehead atoms. The Balaban J connectivity index is 1.28. The Labute approximate surface area is 294 Å². The van der Waals surface area contributed by atoms with E-state index in [1.165, 1.54) is 0 Å². The maximum Gasteiger partial charge on any atom is 0.172 e. The van der Waals surface area contributed by atoms with Crippen LogP contribution in [0.4, 0.5) is 0 Å². The van der Waals surface area contributed by atoms with Crippen LogP contribution in [-0.4, -0.2) is 14.4 Å². The summed E-state index contributed by atoms with van der Waals surface area (Å²) in [6.07, 6.45) is 2.06. The van der Waals surface area contributed by atoms with E-state index in [1.54, 1.807) is 0 Å². The number of rotatable bonds is 5. The van der Waals surface area contributed by atoms with Gasteiger partial charge in [-0.15, -0.1) is 0 Å². The molecule has 0 radical (unpaired) electrons. The zero-order valence-corrected chi connectivity index (χ0v) is 28.4. The van der Waals surface area contributed by atoms with Crippen LogP contribution >= 0.6 is 7.14 Å². The Kier molecular flexibility index (Phi) is 6.74. The summed E-state index contributed by atoms with van der Waals surface area (Å²) in [5.41, 5.74) is 7.77. The molecule has 0 saturated carbocycles. The van der Waals surface area contributed by atoms with Crippen LogP contribution < -0.4 is 15.9 Å². The van der Waals surface area contributed by atoms with E-state index in [0.717, 1.165) is 87.4 Å². The SMILES string of the molecule is O=P(c1ccccc1)(c1ccccc1)c1c2ccccc2c(-c2cccc(-c3nc4ccccc4c4nc5ccccn5c34)c2)c2ccccc12. The quantitative estimate of drug-likeness (QED) is 0.135. The molecule has 5 heteroatoms. The zero-order chi connectivity index (χ0) is 33.9. The van der Waals surface area contributed by atoms with Gasteiger partial charge in [-0.25, -0.2) is 9.97 Å². The van der Waals surface area contributed by atoms with Crippen molar-refractivity contribution in [2.75, 3.05) is 0 Å². The van der Waals surface area contributed by atoms with Gasteiger partial charge in [0.15, 0.2) is 7.14 Å². The average Bonchev–Trinajstić information content (AvgIpc) is 3.60. The van der Waals surface area contributed by atoms with Crippen molar-refractivity contribution in [1.82, 2.24) is 14.4 Å². The largest absolute Gasteiger partial charge is 0.309 e. The van der Waals surface area contributed by atoms with Gasteiger partial charge in [0.2, 0.25) is 0 Å². The van der Waals surface area contributed by atoms with E-state index in [-0.39, 0.29) is 0 Å². The van der Waals surface area contributed by atoms with E-state index >= 15 is 4.57 Å². The van der Waals surface area contributed by atoms with Gasteiger partial charge >= 0.3 is 0 Å². The molecular weight excluding hydrogens is 642 g/mol. The standard InChI is InChI=1S/C46H30N3OP/c50-51(33-18-3-1-4-19-33,34-20-5-2-6-21-34)46-37-24-9-7-22-35(37)42(36-23-8-10-25-38(36)46)31-16-15-17-32(30-31)43-45-44(39-26-11-12-27-40(39)47-43)48-41-28-13-14-29-49(41)45/h1-30H. The van der Waals surface area contributed by atoms with Gasteiger partial charge in [0, 0.05) is 33.1 Å². The summed E-state index contributed by atoms with van der Waals surface area (Å²) < 4.78 is 18.2. The number of fused-ring (bicyclic) bond motifs is 7. The Hall–Kier alpha value is -6.35. The van der Waals surface area contributed by atoms with Gasteiger partial charge in [-0.1, -0.05) is 152 Å². The van der Waals surface area contributed by atoms with Crippen LogP contribution in [0.5, 0.6) is 0 Å². The van der Waals surface area contributed by atoms with Crippen LogP contribution in [0.25, 0.3) is 71.5 Å².